The van der Waals surface area contributed by atoms with Crippen LogP contribution in [0.5, 0.6) is 0 Å². The normalized spacial score (nSPS) is 17.1. The second-order valence-corrected chi connectivity index (χ2v) is 8.04. The molecule has 2 N–H and O–H groups in total. The molecule has 8 heteroatoms. The molecular formula is C21H24N6OS. The van der Waals surface area contributed by atoms with Crippen LogP contribution in [0.2, 0.25) is 0 Å². The number of anilines is 2. The van der Waals surface area contributed by atoms with E-state index in [1.165, 1.54) is 30.6 Å². The highest BCUT2D eigenvalue weighted by Crippen LogP contribution is 2.25. The number of thiazole rings is 1. The SMILES string of the molecule is CC1CCCCN1Cc1cccc(NC(=O)Nc2csc(-c3ccncc3)n2)n1. The molecule has 150 valence electrons. The van der Waals surface area contributed by atoms with Crippen molar-refractivity contribution in [2.45, 2.75) is 38.8 Å². The van der Waals surface area contributed by atoms with Crippen molar-refractivity contribution in [2.24, 2.45) is 0 Å². The largest absolute Gasteiger partial charge is 0.326 e. The molecule has 29 heavy (non-hydrogen) atoms. The van der Waals surface area contributed by atoms with E-state index in [2.05, 4.69) is 37.4 Å². The molecule has 4 rings (SSSR count). The summed E-state index contributed by atoms with van der Waals surface area (Å²) < 4.78 is 0. The first-order valence-corrected chi connectivity index (χ1v) is 10.7. The number of nitrogens with one attached hydrogen (secondary N) is 2. The van der Waals surface area contributed by atoms with Crippen LogP contribution in [0.4, 0.5) is 16.4 Å². The highest BCUT2D eigenvalue weighted by Gasteiger charge is 2.18. The van der Waals surface area contributed by atoms with Crippen LogP contribution in [0.1, 0.15) is 31.9 Å². The highest BCUT2D eigenvalue weighted by molar-refractivity contribution is 7.13. The lowest BCUT2D eigenvalue weighted by Crippen LogP contribution is -2.37. The number of pyridine rings is 2. The summed E-state index contributed by atoms with van der Waals surface area (Å²) in [7, 11) is 0. The first-order valence-electron chi connectivity index (χ1n) is 9.81. The Bertz CT molecular complexity index is 961. The summed E-state index contributed by atoms with van der Waals surface area (Å²) in [6.07, 6.45) is 7.21. The van der Waals surface area contributed by atoms with Crippen molar-refractivity contribution in [1.82, 2.24) is 19.9 Å². The average molecular weight is 409 g/mol. The van der Waals surface area contributed by atoms with E-state index in [-0.39, 0.29) is 6.03 Å². The number of rotatable bonds is 5. The van der Waals surface area contributed by atoms with Gasteiger partial charge in [0.15, 0.2) is 0 Å². The molecule has 0 bridgehead atoms. The van der Waals surface area contributed by atoms with Gasteiger partial charge in [-0.25, -0.2) is 14.8 Å². The lowest BCUT2D eigenvalue weighted by molar-refractivity contribution is 0.151. The van der Waals surface area contributed by atoms with E-state index < -0.39 is 0 Å². The molecule has 3 aromatic heterocycles. The van der Waals surface area contributed by atoms with Crippen molar-refractivity contribution in [3.63, 3.8) is 0 Å². The Morgan fingerprint density at radius 1 is 1.14 bits per heavy atom. The summed E-state index contributed by atoms with van der Waals surface area (Å²) in [5.74, 6) is 1.05. The lowest BCUT2D eigenvalue weighted by Gasteiger charge is -2.33. The Labute approximate surface area is 174 Å². The molecule has 1 aliphatic heterocycles. The second-order valence-electron chi connectivity index (χ2n) is 7.18. The van der Waals surface area contributed by atoms with Crippen molar-refractivity contribution < 1.29 is 4.79 Å². The standard InChI is InChI=1S/C21H24N6OS/c1-15-5-2-3-12-27(15)13-17-6-4-7-18(23-17)25-21(28)26-19-14-29-20(24-19)16-8-10-22-11-9-16/h4,6-11,14-15H,2-3,5,12-13H2,1H3,(H2,23,25,26,28). The molecule has 0 aliphatic carbocycles. The maximum atomic E-state index is 12.4. The second kappa shape index (κ2) is 9.11. The van der Waals surface area contributed by atoms with Gasteiger partial charge in [0.25, 0.3) is 0 Å². The molecule has 2 amide bonds. The molecule has 0 spiro atoms. The minimum Gasteiger partial charge on any atom is -0.295 e. The van der Waals surface area contributed by atoms with Gasteiger partial charge in [-0.1, -0.05) is 12.5 Å². The predicted octanol–water partition coefficient (Wildman–Crippen LogP) is 4.62. The van der Waals surface area contributed by atoms with Gasteiger partial charge in [-0.3, -0.25) is 20.5 Å². The number of hydrogen-bond acceptors (Lipinski definition) is 6. The lowest BCUT2D eigenvalue weighted by atomic mass is 10.0. The van der Waals surface area contributed by atoms with E-state index in [4.69, 9.17) is 0 Å². The topological polar surface area (TPSA) is 83.0 Å². The molecular weight excluding hydrogens is 384 g/mol. The Kier molecular flexibility index (Phi) is 6.12. The fourth-order valence-corrected chi connectivity index (χ4v) is 4.22. The maximum absolute atomic E-state index is 12.4. The zero-order chi connectivity index (χ0) is 20.1. The van der Waals surface area contributed by atoms with E-state index in [0.717, 1.165) is 29.4 Å². The molecule has 0 radical (unpaired) electrons. The number of urea groups is 1. The fraction of sp³-hybridized carbons (Fsp3) is 0.333. The summed E-state index contributed by atoms with van der Waals surface area (Å²) in [6, 6.07) is 9.73. The Morgan fingerprint density at radius 3 is 2.79 bits per heavy atom. The van der Waals surface area contributed by atoms with E-state index in [0.29, 0.717) is 17.7 Å². The van der Waals surface area contributed by atoms with Crippen molar-refractivity contribution >= 4 is 29.0 Å². The third-order valence-corrected chi connectivity index (χ3v) is 5.92. The molecule has 4 heterocycles. The van der Waals surface area contributed by atoms with Crippen LogP contribution >= 0.6 is 11.3 Å². The van der Waals surface area contributed by atoms with Crippen molar-refractivity contribution in [1.29, 1.82) is 0 Å². The van der Waals surface area contributed by atoms with E-state index in [1.807, 2.05) is 29.6 Å². The Hall–Kier alpha value is -2.84. The van der Waals surface area contributed by atoms with Crippen LogP contribution in [-0.4, -0.2) is 38.5 Å². The number of piperidine rings is 1. The van der Waals surface area contributed by atoms with Gasteiger partial charge in [0.2, 0.25) is 0 Å². The third kappa shape index (κ3) is 5.16. The first kappa shape index (κ1) is 19.5. The number of carbonyl (C=O) groups excluding carboxylic acids is 1. The summed E-state index contributed by atoms with van der Waals surface area (Å²) >= 11 is 1.47. The van der Waals surface area contributed by atoms with Gasteiger partial charge in [0.05, 0.1) is 5.69 Å². The number of aromatic nitrogens is 3. The van der Waals surface area contributed by atoms with Gasteiger partial charge in [-0.15, -0.1) is 11.3 Å². The first-order chi connectivity index (χ1) is 14.2. The van der Waals surface area contributed by atoms with Crippen LogP contribution in [0, 0.1) is 0 Å². The Morgan fingerprint density at radius 2 is 1.97 bits per heavy atom. The Balaban J connectivity index is 1.36. The molecule has 1 fully saturated rings. The van der Waals surface area contributed by atoms with Crippen LogP contribution < -0.4 is 10.6 Å². The summed E-state index contributed by atoms with van der Waals surface area (Å²) in [4.78, 5) is 27.9. The van der Waals surface area contributed by atoms with E-state index in [9.17, 15) is 4.79 Å². The molecule has 7 nitrogen and oxygen atoms in total. The van der Waals surface area contributed by atoms with Crippen LogP contribution in [0.25, 0.3) is 10.6 Å². The predicted molar refractivity (Wildman–Crippen MR) is 116 cm³/mol. The van der Waals surface area contributed by atoms with Gasteiger partial charge in [0, 0.05) is 35.9 Å². The monoisotopic (exact) mass is 408 g/mol. The van der Waals surface area contributed by atoms with Crippen LogP contribution in [-0.2, 0) is 6.54 Å². The number of carbonyl (C=O) groups is 1. The number of likely N-dealkylation sites (tertiary alicyclic amines) is 1. The van der Waals surface area contributed by atoms with Crippen molar-refractivity contribution in [3.8, 4) is 10.6 Å². The van der Waals surface area contributed by atoms with Gasteiger partial charge in [-0.2, -0.15) is 0 Å². The van der Waals surface area contributed by atoms with Crippen LogP contribution in [0.15, 0.2) is 48.1 Å². The zero-order valence-electron chi connectivity index (χ0n) is 16.3. The number of nitrogens with zero attached hydrogens (tertiary/aromatic N) is 4. The minimum absolute atomic E-state index is 0.354. The molecule has 1 aliphatic rings. The zero-order valence-corrected chi connectivity index (χ0v) is 17.2. The highest BCUT2D eigenvalue weighted by atomic mass is 32.1. The molecule has 3 aromatic rings. The quantitative estimate of drug-likeness (QED) is 0.644. The molecule has 0 aromatic carbocycles. The van der Waals surface area contributed by atoms with Crippen molar-refractivity contribution in [2.75, 3.05) is 17.2 Å². The third-order valence-electron chi connectivity index (χ3n) is 5.03. The van der Waals surface area contributed by atoms with Crippen LogP contribution in [0.3, 0.4) is 0 Å². The molecule has 1 atom stereocenters. The van der Waals surface area contributed by atoms with Gasteiger partial charge >= 0.3 is 6.03 Å². The smallest absolute Gasteiger partial charge is 0.295 e. The summed E-state index contributed by atoms with van der Waals surface area (Å²) in [5, 5.41) is 8.22. The van der Waals surface area contributed by atoms with Gasteiger partial charge in [-0.05, 0) is 50.6 Å². The molecule has 0 saturated carbocycles. The van der Waals surface area contributed by atoms with E-state index >= 15 is 0 Å². The van der Waals surface area contributed by atoms with E-state index in [1.54, 1.807) is 18.5 Å². The molecule has 1 saturated heterocycles. The summed E-state index contributed by atoms with van der Waals surface area (Å²) in [5.41, 5.74) is 1.94. The van der Waals surface area contributed by atoms with Gasteiger partial charge < -0.3 is 0 Å². The summed E-state index contributed by atoms with van der Waals surface area (Å²) in [6.45, 7) is 4.17. The molecule has 1 unspecified atom stereocenters. The maximum Gasteiger partial charge on any atom is 0.326 e. The average Bonchev–Trinajstić information content (AvgIpc) is 3.19. The number of hydrogen-bond donors (Lipinski definition) is 2. The number of amides is 2. The van der Waals surface area contributed by atoms with Gasteiger partial charge in [0.1, 0.15) is 16.6 Å². The minimum atomic E-state index is -0.354. The van der Waals surface area contributed by atoms with Crippen molar-refractivity contribution in [3.05, 3.63) is 53.8 Å². The fourth-order valence-electron chi connectivity index (χ4n) is 3.46.